The van der Waals surface area contributed by atoms with Crippen LogP contribution >= 0.6 is 0 Å². The number of rotatable bonds is 3. The Morgan fingerprint density at radius 2 is 2.09 bits per heavy atom. The molecular weight excluding hydrogens is 284 g/mol. The van der Waals surface area contributed by atoms with Crippen LogP contribution in [0.1, 0.15) is 36.8 Å². The maximum Gasteiger partial charge on any atom is 0.328 e. The number of carbonyl (C=O) groups excluding carboxylic acids is 2. The average molecular weight is 300 g/mol. The molecule has 1 heterocycles. The van der Waals surface area contributed by atoms with Crippen molar-refractivity contribution < 1.29 is 14.3 Å². The summed E-state index contributed by atoms with van der Waals surface area (Å²) in [5.41, 5.74) is 5.39. The van der Waals surface area contributed by atoms with Gasteiger partial charge >= 0.3 is 5.97 Å². The molecule has 0 spiro atoms. The summed E-state index contributed by atoms with van der Waals surface area (Å²) in [4.78, 5) is 23.5. The Balaban J connectivity index is 2.52. The minimum absolute atomic E-state index is 0.0238. The van der Waals surface area contributed by atoms with Gasteiger partial charge in [-0.2, -0.15) is 10.4 Å². The number of nitriles is 1. The number of nitrogens with zero attached hydrogens (tertiary/aromatic N) is 3. The molecule has 1 amide bonds. The zero-order valence-electron chi connectivity index (χ0n) is 12.6. The van der Waals surface area contributed by atoms with E-state index in [-0.39, 0.29) is 12.2 Å². The van der Waals surface area contributed by atoms with Gasteiger partial charge in [-0.25, -0.2) is 0 Å². The van der Waals surface area contributed by atoms with Crippen molar-refractivity contribution >= 4 is 22.8 Å². The number of amides is 1. The second kappa shape index (κ2) is 5.48. The number of aromatic nitrogens is 2. The number of benzene rings is 1. The predicted octanol–water partition coefficient (Wildman–Crippen LogP) is 1.35. The molecule has 2 aromatic rings. The van der Waals surface area contributed by atoms with E-state index in [1.807, 2.05) is 6.07 Å². The number of hydrogen-bond donors (Lipinski definition) is 1. The molecule has 0 aliphatic heterocycles. The third-order valence-electron chi connectivity index (χ3n) is 2.82. The third kappa shape index (κ3) is 3.06. The zero-order valence-corrected chi connectivity index (χ0v) is 12.6. The van der Waals surface area contributed by atoms with Crippen LogP contribution in [0.3, 0.4) is 0 Å². The van der Waals surface area contributed by atoms with Crippen molar-refractivity contribution in [3.63, 3.8) is 0 Å². The van der Waals surface area contributed by atoms with Crippen LogP contribution in [0.4, 0.5) is 0 Å². The Morgan fingerprint density at radius 3 is 2.64 bits per heavy atom. The first-order chi connectivity index (χ1) is 10.2. The second-order valence-corrected chi connectivity index (χ2v) is 5.77. The number of carbonyl (C=O) groups is 2. The standard InChI is InChI=1S/C15H16N4O3/c1-15(2,3)22-11(20)8-19-13-9(7-16)5-4-6-10(13)12(18-19)14(17)21/h4-6H,8H2,1-3H3,(H2,17,21). The quantitative estimate of drug-likeness (QED) is 0.860. The van der Waals surface area contributed by atoms with Crippen LogP contribution in [0.2, 0.25) is 0 Å². The van der Waals surface area contributed by atoms with Crippen molar-refractivity contribution in [3.05, 3.63) is 29.5 Å². The molecule has 0 radical (unpaired) electrons. The molecule has 114 valence electrons. The molecule has 22 heavy (non-hydrogen) atoms. The summed E-state index contributed by atoms with van der Waals surface area (Å²) < 4.78 is 6.51. The number of ether oxygens (including phenoxy) is 1. The van der Waals surface area contributed by atoms with E-state index < -0.39 is 17.5 Å². The van der Waals surface area contributed by atoms with Crippen molar-refractivity contribution in [3.8, 4) is 6.07 Å². The number of para-hydroxylation sites is 1. The second-order valence-electron chi connectivity index (χ2n) is 5.77. The highest BCUT2D eigenvalue weighted by molar-refractivity contribution is 6.05. The lowest BCUT2D eigenvalue weighted by atomic mass is 10.1. The minimum Gasteiger partial charge on any atom is -0.459 e. The molecule has 0 atom stereocenters. The van der Waals surface area contributed by atoms with E-state index in [4.69, 9.17) is 10.5 Å². The van der Waals surface area contributed by atoms with Crippen molar-refractivity contribution in [2.75, 3.05) is 0 Å². The van der Waals surface area contributed by atoms with Crippen molar-refractivity contribution in [1.82, 2.24) is 9.78 Å². The lowest BCUT2D eigenvalue weighted by Crippen LogP contribution is -2.27. The van der Waals surface area contributed by atoms with Gasteiger partial charge in [-0.3, -0.25) is 14.3 Å². The lowest BCUT2D eigenvalue weighted by Gasteiger charge is -2.19. The van der Waals surface area contributed by atoms with E-state index in [9.17, 15) is 14.9 Å². The number of primary amides is 1. The minimum atomic E-state index is -0.719. The van der Waals surface area contributed by atoms with E-state index >= 15 is 0 Å². The summed E-state index contributed by atoms with van der Waals surface area (Å²) in [7, 11) is 0. The summed E-state index contributed by atoms with van der Waals surface area (Å²) in [6, 6.07) is 6.87. The molecule has 0 saturated heterocycles. The van der Waals surface area contributed by atoms with Gasteiger partial charge in [0.2, 0.25) is 0 Å². The van der Waals surface area contributed by atoms with Crippen LogP contribution in [0.25, 0.3) is 10.9 Å². The molecule has 0 aliphatic carbocycles. The molecule has 0 bridgehead atoms. The first-order valence-corrected chi connectivity index (χ1v) is 6.64. The molecule has 0 saturated carbocycles. The fourth-order valence-corrected chi connectivity index (χ4v) is 2.12. The summed E-state index contributed by atoms with van der Waals surface area (Å²) in [6.07, 6.45) is 0. The Bertz CT molecular complexity index is 793. The van der Waals surface area contributed by atoms with Crippen molar-refractivity contribution in [2.45, 2.75) is 32.9 Å². The largest absolute Gasteiger partial charge is 0.459 e. The number of fused-ring (bicyclic) bond motifs is 1. The predicted molar refractivity (Wildman–Crippen MR) is 78.8 cm³/mol. The third-order valence-corrected chi connectivity index (χ3v) is 2.82. The molecule has 0 fully saturated rings. The summed E-state index contributed by atoms with van der Waals surface area (Å²) in [5, 5.41) is 13.7. The molecule has 0 aliphatic rings. The van der Waals surface area contributed by atoms with Crippen LogP contribution in [0.15, 0.2) is 18.2 Å². The van der Waals surface area contributed by atoms with Gasteiger partial charge in [0.05, 0.1) is 11.1 Å². The smallest absolute Gasteiger partial charge is 0.328 e. The maximum atomic E-state index is 12.0. The van der Waals surface area contributed by atoms with Gasteiger partial charge in [-0.05, 0) is 26.8 Å². The van der Waals surface area contributed by atoms with Gasteiger partial charge in [0.15, 0.2) is 5.69 Å². The fourth-order valence-electron chi connectivity index (χ4n) is 2.12. The van der Waals surface area contributed by atoms with Crippen LogP contribution < -0.4 is 5.73 Å². The first kappa shape index (κ1) is 15.5. The van der Waals surface area contributed by atoms with E-state index in [0.717, 1.165) is 0 Å². The monoisotopic (exact) mass is 300 g/mol. The molecule has 1 aromatic carbocycles. The Kier molecular flexibility index (Phi) is 3.87. The highest BCUT2D eigenvalue weighted by atomic mass is 16.6. The van der Waals surface area contributed by atoms with Crippen molar-refractivity contribution in [2.24, 2.45) is 5.73 Å². The van der Waals surface area contributed by atoms with E-state index in [1.54, 1.807) is 39.0 Å². The Morgan fingerprint density at radius 1 is 1.41 bits per heavy atom. The molecule has 0 unspecified atom stereocenters. The highest BCUT2D eigenvalue weighted by Crippen LogP contribution is 2.22. The van der Waals surface area contributed by atoms with E-state index in [2.05, 4.69) is 5.10 Å². The molecule has 1 aromatic heterocycles. The molecule has 2 N–H and O–H groups in total. The van der Waals surface area contributed by atoms with Crippen LogP contribution in [-0.4, -0.2) is 27.3 Å². The molecule has 7 heteroatoms. The zero-order chi connectivity index (χ0) is 16.5. The van der Waals surface area contributed by atoms with Gasteiger partial charge < -0.3 is 10.5 Å². The molecular formula is C15H16N4O3. The summed E-state index contributed by atoms with van der Waals surface area (Å²) in [5.74, 6) is -1.23. The number of nitrogens with two attached hydrogens (primary N) is 1. The van der Waals surface area contributed by atoms with E-state index in [1.165, 1.54) is 4.68 Å². The SMILES string of the molecule is CC(C)(C)OC(=O)Cn1nc(C(N)=O)c2cccc(C#N)c21. The van der Waals surface area contributed by atoms with Gasteiger partial charge in [-0.15, -0.1) is 0 Å². The normalized spacial score (nSPS) is 11.2. The number of hydrogen-bond acceptors (Lipinski definition) is 5. The van der Waals surface area contributed by atoms with Crippen LogP contribution in [0.5, 0.6) is 0 Å². The summed E-state index contributed by atoms with van der Waals surface area (Å²) in [6.45, 7) is 5.05. The Hall–Kier alpha value is -2.88. The highest BCUT2D eigenvalue weighted by Gasteiger charge is 2.21. The van der Waals surface area contributed by atoms with Gasteiger partial charge in [0.25, 0.3) is 5.91 Å². The summed E-state index contributed by atoms with van der Waals surface area (Å²) >= 11 is 0. The van der Waals surface area contributed by atoms with Gasteiger partial charge in [0.1, 0.15) is 18.2 Å². The number of esters is 1. The van der Waals surface area contributed by atoms with Crippen molar-refractivity contribution in [1.29, 1.82) is 5.26 Å². The van der Waals surface area contributed by atoms with Gasteiger partial charge in [0, 0.05) is 5.39 Å². The van der Waals surface area contributed by atoms with Crippen LogP contribution in [0, 0.1) is 11.3 Å². The topological polar surface area (TPSA) is 111 Å². The Labute approximate surface area is 127 Å². The van der Waals surface area contributed by atoms with Gasteiger partial charge in [-0.1, -0.05) is 12.1 Å². The first-order valence-electron chi connectivity index (χ1n) is 6.64. The fraction of sp³-hybridized carbons (Fsp3) is 0.333. The molecule has 2 rings (SSSR count). The lowest BCUT2D eigenvalue weighted by molar-refractivity contribution is -0.155. The van der Waals surface area contributed by atoms with Crippen LogP contribution in [-0.2, 0) is 16.1 Å². The van der Waals surface area contributed by atoms with E-state index in [0.29, 0.717) is 16.5 Å². The molecule has 7 nitrogen and oxygen atoms in total. The average Bonchev–Trinajstić information content (AvgIpc) is 2.75. The maximum absolute atomic E-state index is 12.0.